The molecule has 1 aliphatic rings. The SMILES string of the molecule is CC(C)(C)C(=O)N1CCOCC1.CC(F)CNC(=O)C(C)(C)C.CNC(=O)C(C)(C)C.COC(=O)C(C)(C)C. The molecule has 3 amide bonds. The van der Waals surface area contributed by atoms with Crippen molar-refractivity contribution in [1.29, 1.82) is 0 Å². The molecule has 0 aromatic rings. The van der Waals surface area contributed by atoms with E-state index in [1.807, 2.05) is 67.2 Å². The Bertz CT molecular complexity index is 710. The van der Waals surface area contributed by atoms with Gasteiger partial charge in [0.15, 0.2) is 0 Å². The molecule has 2 N–H and O–H groups in total. The van der Waals surface area contributed by atoms with Crippen LogP contribution in [0.1, 0.15) is 90.0 Å². The molecule has 1 atom stereocenters. The van der Waals surface area contributed by atoms with Gasteiger partial charge in [-0.25, -0.2) is 4.39 Å². The molecule has 0 spiro atoms. The van der Waals surface area contributed by atoms with Crippen molar-refractivity contribution in [3.63, 3.8) is 0 Å². The molecule has 1 unspecified atom stereocenters. The topological polar surface area (TPSA) is 114 Å². The molecule has 10 heteroatoms. The lowest BCUT2D eigenvalue weighted by atomic mass is 9.94. The van der Waals surface area contributed by atoms with E-state index in [1.54, 1.807) is 27.8 Å². The summed E-state index contributed by atoms with van der Waals surface area (Å²) >= 11 is 0. The van der Waals surface area contributed by atoms with E-state index in [-0.39, 0.29) is 46.5 Å². The van der Waals surface area contributed by atoms with E-state index in [0.29, 0.717) is 13.2 Å². The molecule has 1 rings (SSSR count). The van der Waals surface area contributed by atoms with Gasteiger partial charge in [0.2, 0.25) is 17.7 Å². The minimum absolute atomic E-state index is 0.0810. The Hall–Kier alpha value is -2.23. The number of nitrogens with one attached hydrogen (secondary N) is 2. The van der Waals surface area contributed by atoms with Gasteiger partial charge in [0.05, 0.1) is 25.7 Å². The normalized spacial score (nSPS) is 14.5. The maximum absolute atomic E-state index is 12.2. The number of amides is 3. The zero-order valence-corrected chi connectivity index (χ0v) is 27.4. The lowest BCUT2D eigenvalue weighted by molar-refractivity contribution is -0.149. The molecule has 0 radical (unpaired) electrons. The number of morpholine rings is 1. The number of nitrogens with zero attached hydrogens (tertiary/aromatic N) is 1. The molecule has 1 fully saturated rings. The van der Waals surface area contributed by atoms with Gasteiger partial charge < -0.3 is 25.0 Å². The minimum atomic E-state index is -0.971. The number of hydrogen-bond donors (Lipinski definition) is 2. The molecule has 9 nitrogen and oxygen atoms in total. The van der Waals surface area contributed by atoms with Gasteiger partial charge in [-0.15, -0.1) is 0 Å². The van der Waals surface area contributed by atoms with Gasteiger partial charge in [0.25, 0.3) is 0 Å². The first kappa shape index (κ1) is 41.3. The summed E-state index contributed by atoms with van der Waals surface area (Å²) in [5, 5.41) is 5.07. The first-order valence-corrected chi connectivity index (χ1v) is 13.4. The Labute approximate surface area is 237 Å². The monoisotopic (exact) mass is 563 g/mol. The third kappa shape index (κ3) is 22.3. The summed E-state index contributed by atoms with van der Waals surface area (Å²) in [4.78, 5) is 46.0. The summed E-state index contributed by atoms with van der Waals surface area (Å²) in [5.74, 6) is 0.0304. The van der Waals surface area contributed by atoms with E-state index in [9.17, 15) is 23.6 Å². The van der Waals surface area contributed by atoms with Crippen LogP contribution in [0.4, 0.5) is 4.39 Å². The molecule has 39 heavy (non-hydrogen) atoms. The minimum Gasteiger partial charge on any atom is -0.469 e. The molecule has 1 aliphatic heterocycles. The van der Waals surface area contributed by atoms with Crippen LogP contribution in [0.15, 0.2) is 0 Å². The van der Waals surface area contributed by atoms with Crippen molar-refractivity contribution in [3.8, 4) is 0 Å². The quantitative estimate of drug-likeness (QED) is 0.482. The molecular weight excluding hydrogens is 505 g/mol. The highest BCUT2D eigenvalue weighted by Gasteiger charge is 2.28. The number of halogens is 1. The molecule has 0 aliphatic carbocycles. The van der Waals surface area contributed by atoms with E-state index in [2.05, 4.69) is 15.4 Å². The highest BCUT2D eigenvalue weighted by molar-refractivity contribution is 5.82. The zero-order valence-electron chi connectivity index (χ0n) is 27.4. The number of ether oxygens (including phenoxy) is 2. The number of methoxy groups -OCH3 is 1. The Balaban J connectivity index is -0.000000451. The number of hydrogen-bond acceptors (Lipinski definition) is 6. The molecule has 0 bridgehead atoms. The average molecular weight is 564 g/mol. The highest BCUT2D eigenvalue weighted by atomic mass is 19.1. The number of carbonyl (C=O) groups excluding carboxylic acids is 4. The number of esters is 1. The van der Waals surface area contributed by atoms with Crippen LogP contribution >= 0.6 is 0 Å². The van der Waals surface area contributed by atoms with Crippen molar-refractivity contribution in [2.24, 2.45) is 21.7 Å². The van der Waals surface area contributed by atoms with Crippen molar-refractivity contribution in [2.45, 2.75) is 96.2 Å². The van der Waals surface area contributed by atoms with Crippen LogP contribution in [0.25, 0.3) is 0 Å². The van der Waals surface area contributed by atoms with E-state index in [1.165, 1.54) is 14.0 Å². The summed E-state index contributed by atoms with van der Waals surface area (Å²) in [6.07, 6.45) is -0.971. The standard InChI is InChI=1S/C9H17NO2.C8H16FNO.C6H13NO.C6H12O2/c1-9(2,3)8(11)10-4-6-12-7-5-10;1-6(9)5-10-7(11)8(2,3)4;1-6(2,3)5(8)7-4;1-6(2,3)5(7)8-4/h4-7H2,1-3H3;6H,5H2,1-4H3,(H,10,11);1-4H3,(H,7,8);1-4H3. The van der Waals surface area contributed by atoms with Crippen LogP contribution in [0, 0.1) is 21.7 Å². The van der Waals surface area contributed by atoms with E-state index >= 15 is 0 Å². The third-order valence-corrected chi connectivity index (χ3v) is 4.87. The fourth-order valence-electron chi connectivity index (χ4n) is 2.42. The third-order valence-electron chi connectivity index (χ3n) is 4.87. The predicted octanol–water partition coefficient (Wildman–Crippen LogP) is 4.38. The Morgan fingerprint density at radius 2 is 1.21 bits per heavy atom. The van der Waals surface area contributed by atoms with Crippen molar-refractivity contribution in [3.05, 3.63) is 0 Å². The van der Waals surface area contributed by atoms with Crippen LogP contribution < -0.4 is 10.6 Å². The van der Waals surface area contributed by atoms with Crippen LogP contribution in [-0.4, -0.2) is 81.8 Å². The molecule has 1 saturated heterocycles. The Morgan fingerprint density at radius 1 is 0.795 bits per heavy atom. The van der Waals surface area contributed by atoms with Gasteiger partial charge in [-0.05, 0) is 27.7 Å². The number of carbonyl (C=O) groups is 4. The van der Waals surface area contributed by atoms with E-state index in [4.69, 9.17) is 4.74 Å². The first-order valence-electron chi connectivity index (χ1n) is 13.4. The maximum atomic E-state index is 12.2. The second kappa shape index (κ2) is 18.2. The summed E-state index contributed by atoms with van der Waals surface area (Å²) in [6, 6.07) is 0. The van der Waals surface area contributed by atoms with Crippen LogP contribution in [0.3, 0.4) is 0 Å². The molecular formula is C29H58FN3O6. The van der Waals surface area contributed by atoms with Crippen LogP contribution in [0.5, 0.6) is 0 Å². The summed E-state index contributed by atoms with van der Waals surface area (Å²) in [7, 11) is 3.04. The van der Waals surface area contributed by atoms with E-state index < -0.39 is 11.6 Å². The van der Waals surface area contributed by atoms with E-state index in [0.717, 1.165) is 13.1 Å². The first-order chi connectivity index (χ1) is 17.3. The van der Waals surface area contributed by atoms with Gasteiger partial charge in [-0.2, -0.15) is 0 Å². The van der Waals surface area contributed by atoms with Crippen LogP contribution in [-0.2, 0) is 28.7 Å². The number of alkyl halides is 1. The van der Waals surface area contributed by atoms with Crippen molar-refractivity contribution >= 4 is 23.7 Å². The molecule has 232 valence electrons. The van der Waals surface area contributed by atoms with Gasteiger partial charge >= 0.3 is 5.97 Å². The average Bonchev–Trinajstić information content (AvgIpc) is 2.80. The largest absolute Gasteiger partial charge is 0.469 e. The lowest BCUT2D eigenvalue weighted by Gasteiger charge is -2.32. The second-order valence-electron chi connectivity index (χ2n) is 13.5. The molecule has 0 aromatic carbocycles. The van der Waals surface area contributed by atoms with Gasteiger partial charge in [-0.1, -0.05) is 62.3 Å². The van der Waals surface area contributed by atoms with Crippen molar-refractivity contribution in [1.82, 2.24) is 15.5 Å². The summed E-state index contributed by atoms with van der Waals surface area (Å²) in [6.45, 7) is 26.7. The zero-order chi connectivity index (χ0) is 31.8. The summed E-state index contributed by atoms with van der Waals surface area (Å²) < 4.78 is 21.9. The maximum Gasteiger partial charge on any atom is 0.310 e. The van der Waals surface area contributed by atoms with Crippen molar-refractivity contribution < 1.29 is 33.0 Å². The molecule has 0 saturated carbocycles. The fourth-order valence-corrected chi connectivity index (χ4v) is 2.42. The van der Waals surface area contributed by atoms with Gasteiger partial charge in [0.1, 0.15) is 6.17 Å². The predicted molar refractivity (Wildman–Crippen MR) is 155 cm³/mol. The van der Waals surface area contributed by atoms with Crippen LogP contribution in [0.2, 0.25) is 0 Å². The molecule has 0 aromatic heterocycles. The fraction of sp³-hybridized carbons (Fsp3) is 0.862. The lowest BCUT2D eigenvalue weighted by Crippen LogP contribution is -2.45. The Morgan fingerprint density at radius 3 is 1.41 bits per heavy atom. The smallest absolute Gasteiger partial charge is 0.310 e. The van der Waals surface area contributed by atoms with Gasteiger partial charge in [-0.3, -0.25) is 19.2 Å². The molecule has 1 heterocycles. The summed E-state index contributed by atoms with van der Waals surface area (Å²) in [5.41, 5.74) is -1.27. The van der Waals surface area contributed by atoms with Crippen molar-refractivity contribution in [2.75, 3.05) is 47.0 Å². The number of rotatable bonds is 2. The highest BCUT2D eigenvalue weighted by Crippen LogP contribution is 2.18. The Kier molecular flexibility index (Phi) is 19.2. The second-order valence-corrected chi connectivity index (χ2v) is 13.5. The van der Waals surface area contributed by atoms with Gasteiger partial charge in [0, 0.05) is 42.9 Å².